The lowest BCUT2D eigenvalue weighted by Crippen LogP contribution is -2.21. The topological polar surface area (TPSA) is 76.0 Å². The number of aromatic nitrogens is 2. The third-order valence-corrected chi connectivity index (χ3v) is 6.26. The molecule has 0 spiro atoms. The number of benzene rings is 2. The van der Waals surface area contributed by atoms with Gasteiger partial charge in [0, 0.05) is 23.4 Å². The molecule has 6 nitrogen and oxygen atoms in total. The van der Waals surface area contributed by atoms with E-state index in [-0.39, 0.29) is 23.1 Å². The Morgan fingerprint density at radius 3 is 2.41 bits per heavy atom. The van der Waals surface area contributed by atoms with Crippen molar-refractivity contribution < 1.29 is 22.4 Å². The maximum absolute atomic E-state index is 14.0. The van der Waals surface area contributed by atoms with E-state index in [0.717, 1.165) is 24.5 Å². The van der Waals surface area contributed by atoms with Gasteiger partial charge in [0.2, 0.25) is 0 Å². The highest BCUT2D eigenvalue weighted by Gasteiger charge is 2.32. The lowest BCUT2D eigenvalue weighted by molar-refractivity contribution is -0.137. The van der Waals surface area contributed by atoms with Gasteiger partial charge in [0.05, 0.1) is 22.3 Å². The molecule has 0 atom stereocenters. The van der Waals surface area contributed by atoms with E-state index < -0.39 is 29.0 Å². The van der Waals surface area contributed by atoms with Crippen LogP contribution in [0, 0.1) is 19.7 Å². The van der Waals surface area contributed by atoms with Crippen LogP contribution in [0.3, 0.4) is 0 Å². The van der Waals surface area contributed by atoms with Crippen LogP contribution in [0.25, 0.3) is 11.0 Å². The molecule has 1 saturated carbocycles. The number of hydrogen-bond donors (Lipinski definition) is 2. The van der Waals surface area contributed by atoms with E-state index >= 15 is 0 Å². The molecule has 0 saturated heterocycles. The Morgan fingerprint density at radius 2 is 1.73 bits per heavy atom. The summed E-state index contributed by atoms with van der Waals surface area (Å²) in [5.74, 6) is -1.91. The monoisotopic (exact) mass is 510 g/mol. The molecule has 5 rings (SSSR count). The van der Waals surface area contributed by atoms with Crippen LogP contribution >= 0.6 is 0 Å². The summed E-state index contributed by atoms with van der Waals surface area (Å²) in [6.07, 6.45) is -3.17. The zero-order valence-corrected chi connectivity index (χ0v) is 19.9. The van der Waals surface area contributed by atoms with E-state index in [2.05, 4.69) is 10.6 Å². The van der Waals surface area contributed by atoms with Gasteiger partial charge in [-0.25, -0.2) is 9.37 Å². The van der Waals surface area contributed by atoms with Crippen LogP contribution in [0.2, 0.25) is 0 Å². The molecule has 37 heavy (non-hydrogen) atoms. The molecule has 2 aromatic carbocycles. The molecular weight excluding hydrogens is 488 g/mol. The van der Waals surface area contributed by atoms with Crippen LogP contribution in [0.4, 0.5) is 34.8 Å². The minimum Gasteiger partial charge on any atom is -0.338 e. The molecule has 0 aliphatic heterocycles. The second kappa shape index (κ2) is 9.02. The Morgan fingerprint density at radius 1 is 1.00 bits per heavy atom. The molecule has 4 aromatic rings. The van der Waals surface area contributed by atoms with E-state index in [1.807, 2.05) is 31.2 Å². The number of nitrogens with zero attached hydrogens (tertiary/aromatic N) is 2. The van der Waals surface area contributed by atoms with E-state index in [4.69, 9.17) is 4.98 Å². The molecule has 0 unspecified atom stereocenters. The van der Waals surface area contributed by atoms with E-state index in [0.29, 0.717) is 34.4 Å². The van der Waals surface area contributed by atoms with Crippen LogP contribution in [-0.2, 0) is 6.18 Å². The molecule has 10 heteroatoms. The number of aryl methyl sites for hydroxylation is 2. The zero-order chi connectivity index (χ0) is 26.5. The number of nitrogens with one attached hydrogen (secondary N) is 2. The first-order chi connectivity index (χ1) is 17.5. The number of pyridine rings is 2. The standard InChI is InChI=1S/C27H22F4N4O2/c1-14-5-3-4-6-20(14)32-25-21(33-26(37)16-10-17(27(29,30)31)12-18(28)11-16)13-22-24(34-25)15(2)9-23(36)35(22)19-7-8-19/h3-6,9-13,19H,7-8H2,1-2H3,(H,32,34)(H,33,37). The number of amides is 1. The van der Waals surface area contributed by atoms with Gasteiger partial charge in [-0.15, -0.1) is 0 Å². The normalized spacial score (nSPS) is 13.6. The average Bonchev–Trinajstić information content (AvgIpc) is 3.65. The molecular formula is C27H22F4N4O2. The van der Waals surface area contributed by atoms with Crippen molar-refractivity contribution in [2.75, 3.05) is 10.6 Å². The molecule has 2 heterocycles. The summed E-state index contributed by atoms with van der Waals surface area (Å²) in [6, 6.07) is 12.1. The second-order valence-electron chi connectivity index (χ2n) is 9.14. The number of fused-ring (bicyclic) bond motifs is 1. The minimum absolute atomic E-state index is 0.00805. The van der Waals surface area contributed by atoms with Crippen LogP contribution in [-0.4, -0.2) is 15.5 Å². The SMILES string of the molecule is Cc1ccccc1Nc1nc2c(C)cc(=O)n(C3CC3)c2cc1NC(=O)c1cc(F)cc(C(F)(F)F)c1. The van der Waals surface area contributed by atoms with Gasteiger partial charge in [-0.05, 0) is 68.1 Å². The number of alkyl halides is 3. The highest BCUT2D eigenvalue weighted by Crippen LogP contribution is 2.38. The predicted molar refractivity (Wildman–Crippen MR) is 133 cm³/mol. The summed E-state index contributed by atoms with van der Waals surface area (Å²) in [7, 11) is 0. The van der Waals surface area contributed by atoms with E-state index in [1.165, 1.54) is 6.07 Å². The summed E-state index contributed by atoms with van der Waals surface area (Å²) in [4.78, 5) is 30.5. The number of halogens is 4. The van der Waals surface area contributed by atoms with Crippen molar-refractivity contribution in [3.05, 3.63) is 93.0 Å². The van der Waals surface area contributed by atoms with Gasteiger partial charge in [0.25, 0.3) is 11.5 Å². The van der Waals surface area contributed by atoms with Gasteiger partial charge in [-0.2, -0.15) is 13.2 Å². The smallest absolute Gasteiger partial charge is 0.338 e. The fourth-order valence-electron chi connectivity index (χ4n) is 4.24. The fourth-order valence-corrected chi connectivity index (χ4v) is 4.24. The lowest BCUT2D eigenvalue weighted by atomic mass is 10.1. The third kappa shape index (κ3) is 4.91. The molecule has 2 N–H and O–H groups in total. The highest BCUT2D eigenvalue weighted by molar-refractivity contribution is 6.07. The number of hydrogen-bond acceptors (Lipinski definition) is 4. The molecule has 190 valence electrons. The number of para-hydroxylation sites is 1. The molecule has 2 aromatic heterocycles. The molecule has 1 aliphatic rings. The molecule has 1 aliphatic carbocycles. The molecule has 1 amide bonds. The van der Waals surface area contributed by atoms with Crippen molar-refractivity contribution in [3.63, 3.8) is 0 Å². The number of rotatable bonds is 5. The molecule has 0 bridgehead atoms. The number of carbonyl (C=O) groups is 1. The van der Waals surface area contributed by atoms with Gasteiger partial charge in [-0.1, -0.05) is 18.2 Å². The maximum Gasteiger partial charge on any atom is 0.416 e. The first-order valence-electron chi connectivity index (χ1n) is 11.6. The van der Waals surface area contributed by atoms with Gasteiger partial charge < -0.3 is 15.2 Å². The second-order valence-corrected chi connectivity index (χ2v) is 9.14. The van der Waals surface area contributed by atoms with Gasteiger partial charge in [0.15, 0.2) is 5.82 Å². The summed E-state index contributed by atoms with van der Waals surface area (Å²) in [5, 5.41) is 5.75. The quantitative estimate of drug-likeness (QED) is 0.301. The Bertz CT molecular complexity index is 1610. The van der Waals surface area contributed by atoms with Crippen LogP contribution in [0.1, 0.15) is 45.9 Å². The first-order valence-corrected chi connectivity index (χ1v) is 11.6. The minimum atomic E-state index is -4.82. The summed E-state index contributed by atoms with van der Waals surface area (Å²) < 4.78 is 55.2. The Balaban J connectivity index is 1.64. The van der Waals surface area contributed by atoms with Crippen molar-refractivity contribution >= 4 is 34.1 Å². The average molecular weight is 510 g/mol. The fraction of sp³-hybridized carbons (Fsp3) is 0.222. The maximum atomic E-state index is 14.0. The zero-order valence-electron chi connectivity index (χ0n) is 19.9. The van der Waals surface area contributed by atoms with Crippen molar-refractivity contribution in [1.29, 1.82) is 0 Å². The summed E-state index contributed by atoms with van der Waals surface area (Å²) in [5.41, 5.74) is 1.43. The lowest BCUT2D eigenvalue weighted by Gasteiger charge is -2.18. The van der Waals surface area contributed by atoms with E-state index in [1.54, 1.807) is 17.6 Å². The predicted octanol–water partition coefficient (Wildman–Crippen LogP) is 6.50. The van der Waals surface area contributed by atoms with Crippen LogP contribution < -0.4 is 16.2 Å². The number of anilines is 3. The van der Waals surface area contributed by atoms with Crippen molar-refractivity contribution in [3.8, 4) is 0 Å². The largest absolute Gasteiger partial charge is 0.416 e. The first kappa shape index (κ1) is 24.5. The Kier molecular flexibility index (Phi) is 5.97. The number of carbonyl (C=O) groups excluding carboxylic acids is 1. The molecule has 0 radical (unpaired) electrons. The third-order valence-electron chi connectivity index (χ3n) is 6.26. The van der Waals surface area contributed by atoms with Crippen molar-refractivity contribution in [2.45, 2.75) is 38.9 Å². The highest BCUT2D eigenvalue weighted by atomic mass is 19.4. The van der Waals surface area contributed by atoms with Gasteiger partial charge in [-0.3, -0.25) is 9.59 Å². The summed E-state index contributed by atoms with van der Waals surface area (Å²) in [6.45, 7) is 3.64. The van der Waals surface area contributed by atoms with Crippen molar-refractivity contribution in [1.82, 2.24) is 9.55 Å². The van der Waals surface area contributed by atoms with Crippen LogP contribution in [0.15, 0.2) is 59.4 Å². The van der Waals surface area contributed by atoms with Gasteiger partial charge >= 0.3 is 6.18 Å². The Labute approximate surface area is 209 Å². The Hall–Kier alpha value is -4.21. The molecule has 1 fully saturated rings. The van der Waals surface area contributed by atoms with Crippen LogP contribution in [0.5, 0.6) is 0 Å². The van der Waals surface area contributed by atoms with Crippen molar-refractivity contribution in [2.24, 2.45) is 0 Å². The summed E-state index contributed by atoms with van der Waals surface area (Å²) >= 11 is 0. The van der Waals surface area contributed by atoms with E-state index in [9.17, 15) is 27.2 Å². The van der Waals surface area contributed by atoms with Gasteiger partial charge in [0.1, 0.15) is 5.82 Å².